The second-order valence-electron chi connectivity index (χ2n) is 8.21. The number of aliphatic carboxylic acids is 1. The smallest absolute Gasteiger partial charge is 0.326 e. The van der Waals surface area contributed by atoms with E-state index in [2.05, 4.69) is 28.6 Å². The van der Waals surface area contributed by atoms with Gasteiger partial charge in [-0.15, -0.1) is 0 Å². The monoisotopic (exact) mass is 465 g/mol. The van der Waals surface area contributed by atoms with Crippen LogP contribution in [0.5, 0.6) is 0 Å². The number of hydrogen-bond acceptors (Lipinski definition) is 5. The van der Waals surface area contributed by atoms with Crippen LogP contribution < -0.4 is 16.0 Å². The lowest BCUT2D eigenvalue weighted by Gasteiger charge is -2.24. The molecule has 1 aromatic carbocycles. The average Bonchev–Trinajstić information content (AvgIpc) is 2.75. The number of hydrogen-bond donors (Lipinski definition) is 5. The zero-order valence-electron chi connectivity index (χ0n) is 19.0. The Morgan fingerprint density at radius 3 is 2.16 bits per heavy atom. The third-order valence-corrected chi connectivity index (χ3v) is 5.44. The van der Waals surface area contributed by atoms with Crippen LogP contribution in [0.15, 0.2) is 30.3 Å². The van der Waals surface area contributed by atoms with Gasteiger partial charge in [-0.1, -0.05) is 50.6 Å². The third kappa shape index (κ3) is 10.7. The first kappa shape index (κ1) is 27.5. The van der Waals surface area contributed by atoms with Crippen molar-refractivity contribution in [2.45, 2.75) is 69.7 Å². The fraction of sp³-hybridized carbons (Fsp3) is 0.565. The molecule has 0 radical (unpaired) electrons. The number of carboxylic acids is 1. The molecule has 0 spiro atoms. The molecule has 4 N–H and O–H groups in total. The molecule has 0 fully saturated rings. The van der Waals surface area contributed by atoms with Crippen LogP contribution in [0.25, 0.3) is 0 Å². The maximum absolute atomic E-state index is 12.9. The maximum Gasteiger partial charge on any atom is 0.326 e. The van der Waals surface area contributed by atoms with Crippen molar-refractivity contribution >= 4 is 36.3 Å². The van der Waals surface area contributed by atoms with E-state index >= 15 is 0 Å². The molecule has 1 rings (SSSR count). The Hall–Kier alpha value is -2.55. The molecular formula is C23H35N3O5S. The molecule has 3 amide bonds. The highest BCUT2D eigenvalue weighted by Crippen LogP contribution is 2.12. The lowest BCUT2D eigenvalue weighted by Crippen LogP contribution is -2.53. The molecule has 1 aromatic rings. The summed E-state index contributed by atoms with van der Waals surface area (Å²) in [5, 5.41) is 16.8. The highest BCUT2D eigenvalue weighted by atomic mass is 32.1. The summed E-state index contributed by atoms with van der Waals surface area (Å²) in [4.78, 5) is 48.4. The van der Waals surface area contributed by atoms with Gasteiger partial charge in [0.15, 0.2) is 0 Å². The number of benzene rings is 1. The molecule has 0 aromatic heterocycles. The van der Waals surface area contributed by atoms with Gasteiger partial charge in [-0.25, -0.2) is 4.79 Å². The van der Waals surface area contributed by atoms with Crippen LogP contribution in [0.4, 0.5) is 0 Å². The zero-order valence-corrected chi connectivity index (χ0v) is 19.9. The van der Waals surface area contributed by atoms with Crippen LogP contribution in [0.3, 0.4) is 0 Å². The fourth-order valence-electron chi connectivity index (χ4n) is 3.17. The minimum Gasteiger partial charge on any atom is -0.480 e. The van der Waals surface area contributed by atoms with E-state index in [1.165, 1.54) is 0 Å². The van der Waals surface area contributed by atoms with Crippen molar-refractivity contribution < 1.29 is 24.3 Å². The van der Waals surface area contributed by atoms with Gasteiger partial charge in [0.25, 0.3) is 0 Å². The van der Waals surface area contributed by atoms with Crippen molar-refractivity contribution in [3.63, 3.8) is 0 Å². The Labute approximate surface area is 195 Å². The van der Waals surface area contributed by atoms with Crippen molar-refractivity contribution in [3.05, 3.63) is 35.9 Å². The van der Waals surface area contributed by atoms with Crippen molar-refractivity contribution in [1.82, 2.24) is 16.0 Å². The molecule has 0 saturated heterocycles. The summed E-state index contributed by atoms with van der Waals surface area (Å²) in [5.74, 6) is -2.00. The van der Waals surface area contributed by atoms with E-state index in [-0.39, 0.29) is 24.2 Å². The number of carbonyl (C=O) groups excluding carboxylic acids is 3. The van der Waals surface area contributed by atoms with E-state index in [0.29, 0.717) is 32.1 Å². The van der Waals surface area contributed by atoms with E-state index in [4.69, 9.17) is 0 Å². The van der Waals surface area contributed by atoms with Gasteiger partial charge in [-0.2, -0.15) is 12.6 Å². The number of nitrogens with one attached hydrogen (secondary N) is 3. The van der Waals surface area contributed by atoms with E-state index in [0.717, 1.165) is 5.56 Å². The van der Waals surface area contributed by atoms with Gasteiger partial charge >= 0.3 is 5.97 Å². The van der Waals surface area contributed by atoms with Crippen molar-refractivity contribution in [1.29, 1.82) is 0 Å². The summed E-state index contributed by atoms with van der Waals surface area (Å²) in [6.07, 6.45) is 2.65. The first-order valence-corrected chi connectivity index (χ1v) is 11.4. The van der Waals surface area contributed by atoms with Crippen LogP contribution in [0, 0.1) is 5.92 Å². The minimum atomic E-state index is -1.14. The number of thiol groups is 1. The van der Waals surface area contributed by atoms with Gasteiger partial charge in [0.1, 0.15) is 12.1 Å². The highest BCUT2D eigenvalue weighted by molar-refractivity contribution is 7.81. The number of rotatable bonds is 14. The van der Waals surface area contributed by atoms with E-state index in [1.807, 2.05) is 19.9 Å². The molecule has 32 heavy (non-hydrogen) atoms. The molecule has 9 heteroatoms. The number of unbranched alkanes of at least 4 members (excludes halogenated alkanes) is 1. The zero-order chi connectivity index (χ0) is 24.1. The number of carbonyl (C=O) groups is 4. The van der Waals surface area contributed by atoms with Crippen LogP contribution in [-0.4, -0.2) is 53.2 Å². The third-order valence-electron chi connectivity index (χ3n) is 4.95. The molecule has 2 unspecified atom stereocenters. The van der Waals surface area contributed by atoms with Gasteiger partial charge in [-0.3, -0.25) is 14.4 Å². The summed E-state index contributed by atoms with van der Waals surface area (Å²) in [7, 11) is 1.58. The van der Waals surface area contributed by atoms with E-state index in [1.54, 1.807) is 31.3 Å². The van der Waals surface area contributed by atoms with Gasteiger partial charge in [0.2, 0.25) is 17.7 Å². The predicted molar refractivity (Wildman–Crippen MR) is 126 cm³/mol. The maximum atomic E-state index is 12.9. The standard InChI is InChI=1S/C23H35N3O5S/c1-15(2)13-17(25-22(29)19(32)11-7-8-12-20(27)24-3)21(28)26-18(23(30)31)14-16-9-5-4-6-10-16/h4-6,9-10,15,17-19,32H,7-8,11-14H2,1-3H3,(H,24,27)(H,25,29)(H,26,28)(H,30,31)/t17?,18-,19?/m0/s1. The molecule has 0 bridgehead atoms. The summed E-state index contributed by atoms with van der Waals surface area (Å²) in [5.41, 5.74) is 0.789. The Kier molecular flexibility index (Phi) is 12.5. The van der Waals surface area contributed by atoms with Crippen molar-refractivity contribution in [2.24, 2.45) is 5.92 Å². The molecule has 0 aliphatic heterocycles. The largest absolute Gasteiger partial charge is 0.480 e. The van der Waals surface area contributed by atoms with Crippen molar-refractivity contribution in [3.8, 4) is 0 Å². The average molecular weight is 466 g/mol. The summed E-state index contributed by atoms with van der Waals surface area (Å²) >= 11 is 4.34. The van der Waals surface area contributed by atoms with Crippen LogP contribution >= 0.6 is 12.6 Å². The van der Waals surface area contributed by atoms with Gasteiger partial charge < -0.3 is 21.1 Å². The van der Waals surface area contributed by atoms with Crippen LogP contribution in [0.2, 0.25) is 0 Å². The Morgan fingerprint density at radius 2 is 1.59 bits per heavy atom. The summed E-state index contributed by atoms with van der Waals surface area (Å²) < 4.78 is 0. The Bertz CT molecular complexity index is 757. The quantitative estimate of drug-likeness (QED) is 0.212. The normalized spacial score (nSPS) is 13.7. The van der Waals surface area contributed by atoms with Crippen LogP contribution in [-0.2, 0) is 25.6 Å². The number of amides is 3. The van der Waals surface area contributed by atoms with Gasteiger partial charge in [-0.05, 0) is 30.7 Å². The first-order valence-electron chi connectivity index (χ1n) is 10.9. The molecular weight excluding hydrogens is 430 g/mol. The molecule has 0 heterocycles. The summed E-state index contributed by atoms with van der Waals surface area (Å²) in [6.45, 7) is 3.84. The van der Waals surface area contributed by atoms with Crippen molar-refractivity contribution in [2.75, 3.05) is 7.05 Å². The lowest BCUT2D eigenvalue weighted by molar-refractivity contribution is -0.142. The highest BCUT2D eigenvalue weighted by Gasteiger charge is 2.28. The van der Waals surface area contributed by atoms with Gasteiger partial charge in [0.05, 0.1) is 5.25 Å². The van der Waals surface area contributed by atoms with Crippen LogP contribution in [0.1, 0.15) is 51.5 Å². The molecule has 178 valence electrons. The molecule has 0 aliphatic rings. The lowest BCUT2D eigenvalue weighted by atomic mass is 10.0. The Balaban J connectivity index is 2.70. The fourth-order valence-corrected chi connectivity index (χ4v) is 3.43. The predicted octanol–water partition coefficient (Wildman–Crippen LogP) is 1.93. The molecule has 8 nitrogen and oxygen atoms in total. The minimum absolute atomic E-state index is 0.0534. The molecule has 3 atom stereocenters. The SMILES string of the molecule is CNC(=O)CCCCC(S)C(=O)NC(CC(C)C)C(=O)N[C@@H](Cc1ccccc1)C(=O)O. The second-order valence-corrected chi connectivity index (χ2v) is 8.84. The Morgan fingerprint density at radius 1 is 0.969 bits per heavy atom. The van der Waals surface area contributed by atoms with Gasteiger partial charge in [0, 0.05) is 19.9 Å². The molecule has 0 aliphatic carbocycles. The second kappa shape index (κ2) is 14.5. The summed E-state index contributed by atoms with van der Waals surface area (Å²) in [6, 6.07) is 7.07. The number of carboxylic acid groups (broad SMARTS) is 1. The topological polar surface area (TPSA) is 125 Å². The van der Waals surface area contributed by atoms with E-state index < -0.39 is 29.2 Å². The first-order chi connectivity index (χ1) is 15.1. The van der Waals surface area contributed by atoms with E-state index in [9.17, 15) is 24.3 Å². The molecule has 0 saturated carbocycles.